The molecule has 1 aromatic heterocycles. The maximum absolute atomic E-state index is 12.5. The van der Waals surface area contributed by atoms with Crippen LogP contribution in [0, 0.1) is 0 Å². The van der Waals surface area contributed by atoms with Gasteiger partial charge in [0.25, 0.3) is 0 Å². The number of rotatable bonds is 3. The van der Waals surface area contributed by atoms with Crippen LogP contribution in [0.4, 0.5) is 0 Å². The van der Waals surface area contributed by atoms with Crippen molar-refractivity contribution >= 4 is 39.7 Å². The number of halogens is 1. The third-order valence-electron chi connectivity index (χ3n) is 4.33. The molecule has 0 saturated carbocycles. The Hall–Kier alpha value is -1.88. The summed E-state index contributed by atoms with van der Waals surface area (Å²) < 4.78 is 1.31. The maximum atomic E-state index is 12.5. The fourth-order valence-electron chi connectivity index (χ4n) is 3.10. The predicted molar refractivity (Wildman–Crippen MR) is 102 cm³/mol. The average Bonchev–Trinajstić information content (AvgIpc) is 2.98. The van der Waals surface area contributed by atoms with E-state index in [-0.39, 0.29) is 24.4 Å². The molecule has 24 heavy (non-hydrogen) atoms. The molecule has 3 nitrogen and oxygen atoms in total. The molecular weight excluding hydrogens is 340 g/mol. The highest BCUT2D eigenvalue weighted by Gasteiger charge is 2.26. The minimum absolute atomic E-state index is 0. The molecular formula is C19H19ClN2OS. The third kappa shape index (κ3) is 3.31. The molecule has 0 saturated heterocycles. The first-order chi connectivity index (χ1) is 11.3. The van der Waals surface area contributed by atoms with Gasteiger partial charge >= 0.3 is 0 Å². The fourth-order valence-corrected chi connectivity index (χ4v) is 4.29. The van der Waals surface area contributed by atoms with Gasteiger partial charge in [0.2, 0.25) is 5.91 Å². The van der Waals surface area contributed by atoms with Crippen molar-refractivity contribution in [3.63, 3.8) is 0 Å². The highest BCUT2D eigenvalue weighted by molar-refractivity contribution is 7.19. The molecule has 1 amide bonds. The van der Waals surface area contributed by atoms with Gasteiger partial charge in [0.05, 0.1) is 6.04 Å². The van der Waals surface area contributed by atoms with Gasteiger partial charge in [0.15, 0.2) is 0 Å². The van der Waals surface area contributed by atoms with Gasteiger partial charge in [-0.1, -0.05) is 48.5 Å². The molecule has 2 N–H and O–H groups in total. The predicted octanol–water partition coefficient (Wildman–Crippen LogP) is 3.65. The lowest BCUT2D eigenvalue weighted by Gasteiger charge is -2.23. The van der Waals surface area contributed by atoms with Crippen LogP contribution in [-0.4, -0.2) is 11.9 Å². The summed E-state index contributed by atoms with van der Waals surface area (Å²) in [5.74, 6) is 0.0785. The lowest BCUT2D eigenvalue weighted by molar-refractivity contribution is -0.123. The summed E-state index contributed by atoms with van der Waals surface area (Å²) in [5.41, 5.74) is 2.46. The molecule has 0 fully saturated rings. The Balaban J connectivity index is 0.00000169. The Morgan fingerprint density at radius 1 is 1.12 bits per heavy atom. The van der Waals surface area contributed by atoms with E-state index in [1.54, 1.807) is 0 Å². The van der Waals surface area contributed by atoms with Crippen molar-refractivity contribution in [3.05, 3.63) is 70.6 Å². The van der Waals surface area contributed by atoms with Crippen LogP contribution >= 0.6 is 23.7 Å². The average molecular weight is 359 g/mol. The number of carbonyl (C=O) groups excluding carboxylic acids is 1. The number of fused-ring (bicyclic) bond motifs is 3. The SMILES string of the molecule is Cl.O=C(NCc1ccccc1)[C@H]1Cc2c(sc3ccccc23)CN1. The molecule has 1 aliphatic heterocycles. The number of benzene rings is 2. The molecule has 2 aromatic carbocycles. The van der Waals surface area contributed by atoms with Crippen LogP contribution in [0.2, 0.25) is 0 Å². The Kier molecular flexibility index (Phi) is 5.19. The van der Waals surface area contributed by atoms with E-state index in [1.807, 2.05) is 41.7 Å². The normalized spacial score (nSPS) is 16.2. The van der Waals surface area contributed by atoms with Crippen molar-refractivity contribution in [3.8, 4) is 0 Å². The highest BCUT2D eigenvalue weighted by Crippen LogP contribution is 2.34. The number of hydrogen-bond acceptors (Lipinski definition) is 3. The molecule has 0 unspecified atom stereocenters. The minimum atomic E-state index is -0.149. The van der Waals surface area contributed by atoms with Gasteiger partial charge in [-0.05, 0) is 29.0 Å². The monoisotopic (exact) mass is 358 g/mol. The third-order valence-corrected chi connectivity index (χ3v) is 5.54. The molecule has 1 atom stereocenters. The number of amides is 1. The van der Waals surface area contributed by atoms with Gasteiger partial charge in [0, 0.05) is 22.7 Å². The Bertz CT molecular complexity index is 847. The van der Waals surface area contributed by atoms with Gasteiger partial charge in [0.1, 0.15) is 0 Å². The second kappa shape index (κ2) is 7.34. The fraction of sp³-hybridized carbons (Fsp3) is 0.211. The van der Waals surface area contributed by atoms with Crippen molar-refractivity contribution in [1.82, 2.24) is 10.6 Å². The van der Waals surface area contributed by atoms with Crippen LogP contribution in [-0.2, 0) is 24.3 Å². The summed E-state index contributed by atoms with van der Waals surface area (Å²) in [6.45, 7) is 1.35. The first kappa shape index (κ1) is 17.0. The zero-order valence-corrected chi connectivity index (χ0v) is 14.8. The summed E-state index contributed by atoms with van der Waals surface area (Å²) in [6, 6.07) is 18.3. The standard InChI is InChI=1S/C19H18N2OS.ClH/c22-19(21-11-13-6-2-1-3-7-13)16-10-15-14-8-4-5-9-17(14)23-18(15)12-20-16;/h1-9,16,20H,10-12H2,(H,21,22);1H/t16-;/m1./s1. The Morgan fingerprint density at radius 2 is 1.88 bits per heavy atom. The van der Waals surface area contributed by atoms with Gasteiger partial charge in [-0.3, -0.25) is 4.79 Å². The van der Waals surface area contributed by atoms with E-state index in [9.17, 15) is 4.79 Å². The zero-order chi connectivity index (χ0) is 15.6. The molecule has 0 radical (unpaired) electrons. The molecule has 0 bridgehead atoms. The van der Waals surface area contributed by atoms with E-state index < -0.39 is 0 Å². The first-order valence-corrected chi connectivity index (χ1v) is 8.67. The second-order valence-electron chi connectivity index (χ2n) is 5.84. The van der Waals surface area contributed by atoms with E-state index in [1.165, 1.54) is 20.5 Å². The number of nitrogens with one attached hydrogen (secondary N) is 2. The van der Waals surface area contributed by atoms with Crippen LogP contribution < -0.4 is 10.6 Å². The quantitative estimate of drug-likeness (QED) is 0.750. The molecule has 2 heterocycles. The first-order valence-electron chi connectivity index (χ1n) is 7.85. The van der Waals surface area contributed by atoms with Crippen molar-refractivity contribution in [1.29, 1.82) is 0 Å². The van der Waals surface area contributed by atoms with Crippen molar-refractivity contribution < 1.29 is 4.79 Å². The van der Waals surface area contributed by atoms with Crippen LogP contribution in [0.1, 0.15) is 16.0 Å². The van der Waals surface area contributed by atoms with Gasteiger partial charge in [-0.2, -0.15) is 0 Å². The summed E-state index contributed by atoms with van der Waals surface area (Å²) in [7, 11) is 0. The molecule has 5 heteroatoms. The minimum Gasteiger partial charge on any atom is -0.351 e. The number of thiophene rings is 1. The topological polar surface area (TPSA) is 41.1 Å². The van der Waals surface area contributed by atoms with Gasteiger partial charge in [-0.15, -0.1) is 23.7 Å². The van der Waals surface area contributed by atoms with Crippen LogP contribution in [0.15, 0.2) is 54.6 Å². The second-order valence-corrected chi connectivity index (χ2v) is 6.98. The number of hydrogen-bond donors (Lipinski definition) is 2. The summed E-state index contributed by atoms with van der Waals surface area (Å²) >= 11 is 1.83. The molecule has 124 valence electrons. The molecule has 0 aliphatic carbocycles. The van der Waals surface area contributed by atoms with Crippen molar-refractivity contribution in [2.75, 3.05) is 0 Å². The largest absolute Gasteiger partial charge is 0.351 e. The molecule has 4 rings (SSSR count). The van der Waals surface area contributed by atoms with Crippen LogP contribution in [0.5, 0.6) is 0 Å². The molecule has 0 spiro atoms. The van der Waals surface area contributed by atoms with Crippen LogP contribution in [0.3, 0.4) is 0 Å². The van der Waals surface area contributed by atoms with Gasteiger partial charge < -0.3 is 10.6 Å². The smallest absolute Gasteiger partial charge is 0.237 e. The summed E-state index contributed by atoms with van der Waals surface area (Å²) in [5, 5.41) is 7.71. The van der Waals surface area contributed by atoms with E-state index in [0.29, 0.717) is 6.54 Å². The molecule has 1 aliphatic rings. The van der Waals surface area contributed by atoms with E-state index in [4.69, 9.17) is 0 Å². The number of carbonyl (C=O) groups is 1. The zero-order valence-electron chi connectivity index (χ0n) is 13.1. The van der Waals surface area contributed by atoms with E-state index in [0.717, 1.165) is 18.5 Å². The van der Waals surface area contributed by atoms with Crippen molar-refractivity contribution in [2.45, 2.75) is 25.6 Å². The highest BCUT2D eigenvalue weighted by atomic mass is 35.5. The maximum Gasteiger partial charge on any atom is 0.237 e. The van der Waals surface area contributed by atoms with Gasteiger partial charge in [-0.25, -0.2) is 0 Å². The van der Waals surface area contributed by atoms with Crippen LogP contribution in [0.25, 0.3) is 10.1 Å². The molecule has 3 aromatic rings. The summed E-state index contributed by atoms with van der Waals surface area (Å²) in [4.78, 5) is 13.8. The Labute approximate surface area is 151 Å². The van der Waals surface area contributed by atoms with Crippen molar-refractivity contribution in [2.24, 2.45) is 0 Å². The van der Waals surface area contributed by atoms with E-state index >= 15 is 0 Å². The Morgan fingerprint density at radius 3 is 2.71 bits per heavy atom. The summed E-state index contributed by atoms with van der Waals surface area (Å²) in [6.07, 6.45) is 0.764. The van der Waals surface area contributed by atoms with E-state index in [2.05, 4.69) is 34.9 Å². The lowest BCUT2D eigenvalue weighted by Crippen LogP contribution is -2.47. The lowest BCUT2D eigenvalue weighted by atomic mass is 9.98.